The SMILES string of the molecule is C=C1CCC2SCC(=O)CC2C1. The van der Waals surface area contributed by atoms with E-state index in [0.717, 1.165) is 23.8 Å². The molecule has 1 nitrogen and oxygen atoms in total. The summed E-state index contributed by atoms with van der Waals surface area (Å²) >= 11 is 1.87. The molecule has 2 heteroatoms. The fraction of sp³-hybridized carbons (Fsp3) is 0.700. The molecule has 0 aromatic rings. The fourth-order valence-corrected chi connectivity index (χ4v) is 3.43. The summed E-state index contributed by atoms with van der Waals surface area (Å²) in [4.78, 5) is 11.2. The smallest absolute Gasteiger partial charge is 0.143 e. The molecule has 0 spiro atoms. The van der Waals surface area contributed by atoms with Crippen LogP contribution in [0.4, 0.5) is 0 Å². The molecule has 1 aliphatic carbocycles. The third-order valence-electron chi connectivity index (χ3n) is 2.81. The summed E-state index contributed by atoms with van der Waals surface area (Å²) in [7, 11) is 0. The molecule has 2 rings (SSSR count). The lowest BCUT2D eigenvalue weighted by molar-refractivity contribution is -0.117. The molecule has 2 fully saturated rings. The summed E-state index contributed by atoms with van der Waals surface area (Å²) in [6.07, 6.45) is 4.35. The second-order valence-corrected chi connectivity index (χ2v) is 5.07. The average molecular weight is 182 g/mol. The Balaban J connectivity index is 2.03. The molecule has 2 atom stereocenters. The summed E-state index contributed by atoms with van der Waals surface area (Å²) in [6, 6.07) is 0. The van der Waals surface area contributed by atoms with Crippen molar-refractivity contribution in [1.82, 2.24) is 0 Å². The van der Waals surface area contributed by atoms with Gasteiger partial charge >= 0.3 is 0 Å². The first-order valence-electron chi connectivity index (χ1n) is 4.55. The Morgan fingerprint density at radius 1 is 1.42 bits per heavy atom. The number of Topliss-reactive ketones (excluding diaryl/α,β-unsaturated/α-hetero) is 1. The van der Waals surface area contributed by atoms with Gasteiger partial charge in [-0.15, -0.1) is 0 Å². The van der Waals surface area contributed by atoms with E-state index >= 15 is 0 Å². The highest BCUT2D eigenvalue weighted by molar-refractivity contribution is 8.00. The van der Waals surface area contributed by atoms with E-state index in [0.29, 0.717) is 11.7 Å². The highest BCUT2D eigenvalue weighted by Gasteiger charge is 2.32. The van der Waals surface area contributed by atoms with Crippen molar-refractivity contribution >= 4 is 17.5 Å². The van der Waals surface area contributed by atoms with E-state index in [1.54, 1.807) is 0 Å². The topological polar surface area (TPSA) is 17.1 Å². The number of rotatable bonds is 0. The van der Waals surface area contributed by atoms with Gasteiger partial charge in [-0.2, -0.15) is 11.8 Å². The first-order chi connectivity index (χ1) is 5.75. The second kappa shape index (κ2) is 3.25. The molecule has 1 aliphatic heterocycles. The number of fused-ring (bicyclic) bond motifs is 1. The van der Waals surface area contributed by atoms with Crippen LogP contribution in [0.25, 0.3) is 0 Å². The number of thioether (sulfide) groups is 1. The van der Waals surface area contributed by atoms with E-state index in [4.69, 9.17) is 0 Å². The molecule has 2 unspecified atom stereocenters. The monoisotopic (exact) mass is 182 g/mol. The van der Waals surface area contributed by atoms with E-state index in [-0.39, 0.29) is 0 Å². The van der Waals surface area contributed by atoms with Crippen LogP contribution in [0, 0.1) is 5.92 Å². The molecule has 0 bridgehead atoms. The van der Waals surface area contributed by atoms with Crippen LogP contribution in [0.5, 0.6) is 0 Å². The van der Waals surface area contributed by atoms with Crippen molar-refractivity contribution in [1.29, 1.82) is 0 Å². The summed E-state index contributed by atoms with van der Waals surface area (Å²) < 4.78 is 0. The van der Waals surface area contributed by atoms with Crippen LogP contribution >= 0.6 is 11.8 Å². The Bertz CT molecular complexity index is 200. The van der Waals surface area contributed by atoms with Crippen molar-refractivity contribution in [3.05, 3.63) is 12.2 Å². The lowest BCUT2D eigenvalue weighted by Crippen LogP contribution is -2.31. The quantitative estimate of drug-likeness (QED) is 0.535. The van der Waals surface area contributed by atoms with E-state index in [1.807, 2.05) is 11.8 Å². The van der Waals surface area contributed by atoms with Crippen LogP contribution < -0.4 is 0 Å². The van der Waals surface area contributed by atoms with Crippen molar-refractivity contribution in [2.75, 3.05) is 5.75 Å². The second-order valence-electron chi connectivity index (χ2n) is 3.85. The van der Waals surface area contributed by atoms with Crippen LogP contribution in [0.15, 0.2) is 12.2 Å². The fourth-order valence-electron chi connectivity index (χ4n) is 2.16. The maximum Gasteiger partial charge on any atom is 0.143 e. The van der Waals surface area contributed by atoms with Gasteiger partial charge in [0, 0.05) is 11.7 Å². The molecule has 0 N–H and O–H groups in total. The summed E-state index contributed by atoms with van der Waals surface area (Å²) in [5.41, 5.74) is 1.35. The third-order valence-corrected chi connectivity index (χ3v) is 4.34. The maximum absolute atomic E-state index is 11.2. The van der Waals surface area contributed by atoms with Gasteiger partial charge in [-0.25, -0.2) is 0 Å². The molecule has 1 heterocycles. The molecule has 0 amide bonds. The van der Waals surface area contributed by atoms with Gasteiger partial charge < -0.3 is 0 Å². The maximum atomic E-state index is 11.2. The van der Waals surface area contributed by atoms with Gasteiger partial charge in [0.05, 0.1) is 5.75 Å². The highest BCUT2D eigenvalue weighted by atomic mass is 32.2. The summed E-state index contributed by atoms with van der Waals surface area (Å²) in [6.45, 7) is 4.01. The lowest BCUT2D eigenvalue weighted by atomic mass is 9.82. The van der Waals surface area contributed by atoms with Crippen LogP contribution in [-0.4, -0.2) is 16.8 Å². The van der Waals surface area contributed by atoms with E-state index < -0.39 is 0 Å². The van der Waals surface area contributed by atoms with Crippen LogP contribution in [0.1, 0.15) is 25.7 Å². The van der Waals surface area contributed by atoms with E-state index in [9.17, 15) is 4.79 Å². The van der Waals surface area contributed by atoms with Crippen LogP contribution in [-0.2, 0) is 4.79 Å². The molecule has 0 aromatic heterocycles. The molecule has 0 radical (unpaired) electrons. The van der Waals surface area contributed by atoms with Crippen molar-refractivity contribution in [3.63, 3.8) is 0 Å². The standard InChI is InChI=1S/C10H14OS/c1-7-2-3-10-8(4-7)5-9(11)6-12-10/h8,10H,1-6H2. The number of carbonyl (C=O) groups excluding carboxylic acids is 1. The largest absolute Gasteiger partial charge is 0.299 e. The first kappa shape index (κ1) is 8.36. The molecule has 2 aliphatic rings. The Morgan fingerprint density at radius 2 is 2.25 bits per heavy atom. The van der Waals surface area contributed by atoms with Crippen LogP contribution in [0.3, 0.4) is 0 Å². The Labute approximate surface area is 77.6 Å². The van der Waals surface area contributed by atoms with Gasteiger partial charge in [-0.1, -0.05) is 12.2 Å². The number of carbonyl (C=O) groups is 1. The van der Waals surface area contributed by atoms with E-state index in [1.165, 1.54) is 18.4 Å². The molecule has 0 aromatic carbocycles. The number of hydrogen-bond acceptors (Lipinski definition) is 2. The highest BCUT2D eigenvalue weighted by Crippen LogP contribution is 2.40. The minimum Gasteiger partial charge on any atom is -0.299 e. The summed E-state index contributed by atoms with van der Waals surface area (Å²) in [5, 5.41) is 0.758. The molecular formula is C10H14OS. The lowest BCUT2D eigenvalue weighted by Gasteiger charge is -2.35. The van der Waals surface area contributed by atoms with Crippen molar-refractivity contribution in [2.45, 2.75) is 30.9 Å². The van der Waals surface area contributed by atoms with Gasteiger partial charge in [-0.05, 0) is 25.2 Å². The Morgan fingerprint density at radius 3 is 3.08 bits per heavy atom. The zero-order valence-corrected chi connectivity index (χ0v) is 8.03. The van der Waals surface area contributed by atoms with Crippen LogP contribution in [0.2, 0.25) is 0 Å². The van der Waals surface area contributed by atoms with Crippen molar-refractivity contribution < 1.29 is 4.79 Å². The molecule has 66 valence electrons. The van der Waals surface area contributed by atoms with Gasteiger partial charge in [0.1, 0.15) is 5.78 Å². The molecule has 1 saturated carbocycles. The van der Waals surface area contributed by atoms with Gasteiger partial charge in [0.25, 0.3) is 0 Å². The third kappa shape index (κ3) is 1.58. The first-order valence-corrected chi connectivity index (χ1v) is 5.60. The molecule has 12 heavy (non-hydrogen) atoms. The molecular weight excluding hydrogens is 168 g/mol. The zero-order valence-electron chi connectivity index (χ0n) is 7.21. The average Bonchev–Trinajstić information content (AvgIpc) is 2.03. The number of hydrogen-bond donors (Lipinski definition) is 0. The van der Waals surface area contributed by atoms with Gasteiger partial charge in [-0.3, -0.25) is 4.79 Å². The minimum atomic E-state index is 0.441. The predicted octanol–water partition coefficient (Wildman–Crippen LogP) is 2.42. The zero-order chi connectivity index (χ0) is 8.55. The van der Waals surface area contributed by atoms with E-state index in [2.05, 4.69) is 6.58 Å². The molecule has 1 saturated heterocycles. The Hall–Kier alpha value is -0.240. The normalized spacial score (nSPS) is 36.3. The number of allylic oxidation sites excluding steroid dienone is 1. The van der Waals surface area contributed by atoms with Gasteiger partial charge in [0.15, 0.2) is 0 Å². The predicted molar refractivity (Wildman–Crippen MR) is 52.4 cm³/mol. The summed E-state index contributed by atoms with van der Waals surface area (Å²) in [5.74, 6) is 1.82. The minimum absolute atomic E-state index is 0.441. The van der Waals surface area contributed by atoms with Crippen molar-refractivity contribution in [3.8, 4) is 0 Å². The Kier molecular flexibility index (Phi) is 2.26. The number of ketones is 1. The van der Waals surface area contributed by atoms with Gasteiger partial charge in [0.2, 0.25) is 0 Å². The van der Waals surface area contributed by atoms with Crippen molar-refractivity contribution in [2.24, 2.45) is 5.92 Å².